The monoisotopic (exact) mass is 241 g/mol. The Morgan fingerprint density at radius 2 is 2.06 bits per heavy atom. The minimum absolute atomic E-state index is 0.0850. The molecule has 0 aliphatic carbocycles. The van der Waals surface area contributed by atoms with Crippen LogP contribution in [-0.4, -0.2) is 54.5 Å². The quantitative estimate of drug-likeness (QED) is 0.799. The van der Waals surface area contributed by atoms with Gasteiger partial charge in [-0.3, -0.25) is 4.79 Å². The van der Waals surface area contributed by atoms with Crippen molar-refractivity contribution in [2.75, 3.05) is 20.6 Å². The summed E-state index contributed by atoms with van der Waals surface area (Å²) in [5.74, 6) is 0.287. The molecule has 0 aromatic rings. The second kappa shape index (κ2) is 5.83. The van der Waals surface area contributed by atoms with Gasteiger partial charge in [0.05, 0.1) is 6.04 Å². The summed E-state index contributed by atoms with van der Waals surface area (Å²) in [6, 6.07) is 0.521. The van der Waals surface area contributed by atoms with Crippen LogP contribution < -0.4 is 5.73 Å². The fraction of sp³-hybridized carbons (Fsp3) is 0.923. The van der Waals surface area contributed by atoms with Crippen LogP contribution in [0.25, 0.3) is 0 Å². The maximum Gasteiger partial charge on any atom is 0.239 e. The molecule has 4 heteroatoms. The zero-order valence-corrected chi connectivity index (χ0v) is 11.8. The molecule has 0 aromatic carbocycles. The lowest BCUT2D eigenvalue weighted by atomic mass is 9.96. The van der Waals surface area contributed by atoms with Crippen molar-refractivity contribution < 1.29 is 4.79 Å². The third-order valence-electron chi connectivity index (χ3n) is 4.08. The first-order valence-corrected chi connectivity index (χ1v) is 6.57. The van der Waals surface area contributed by atoms with Crippen LogP contribution in [-0.2, 0) is 4.79 Å². The number of carbonyl (C=O) groups excluding carboxylic acids is 1. The summed E-state index contributed by atoms with van der Waals surface area (Å²) >= 11 is 0. The van der Waals surface area contributed by atoms with Crippen LogP contribution in [0.2, 0.25) is 0 Å². The van der Waals surface area contributed by atoms with Gasteiger partial charge in [0.1, 0.15) is 0 Å². The molecule has 4 nitrogen and oxygen atoms in total. The predicted octanol–water partition coefficient (Wildman–Crippen LogP) is 0.911. The first-order chi connectivity index (χ1) is 7.84. The van der Waals surface area contributed by atoms with E-state index in [0.29, 0.717) is 12.1 Å². The number of hydrogen-bond acceptors (Lipinski definition) is 3. The third-order valence-corrected chi connectivity index (χ3v) is 4.08. The third kappa shape index (κ3) is 3.42. The SMILES string of the molecule is CC(C)[C@H](N)C(=O)N(C)[C@@H]1CCN(C)[C@H](C)C1. The van der Waals surface area contributed by atoms with Gasteiger partial charge in [-0.2, -0.15) is 0 Å². The molecule has 3 atom stereocenters. The van der Waals surface area contributed by atoms with E-state index in [-0.39, 0.29) is 17.9 Å². The van der Waals surface area contributed by atoms with E-state index in [0.717, 1.165) is 19.4 Å². The van der Waals surface area contributed by atoms with Gasteiger partial charge in [-0.05, 0) is 32.7 Å². The highest BCUT2D eigenvalue weighted by atomic mass is 16.2. The van der Waals surface area contributed by atoms with Crippen molar-refractivity contribution in [2.45, 2.75) is 51.7 Å². The van der Waals surface area contributed by atoms with Crippen LogP contribution in [0.4, 0.5) is 0 Å². The lowest BCUT2D eigenvalue weighted by Gasteiger charge is -2.40. The highest BCUT2D eigenvalue weighted by Crippen LogP contribution is 2.20. The number of likely N-dealkylation sites (tertiary alicyclic amines) is 1. The van der Waals surface area contributed by atoms with Crippen LogP contribution in [0.3, 0.4) is 0 Å². The Morgan fingerprint density at radius 3 is 2.53 bits per heavy atom. The molecular weight excluding hydrogens is 214 g/mol. The molecule has 1 aliphatic heterocycles. The van der Waals surface area contributed by atoms with Crippen molar-refractivity contribution in [1.82, 2.24) is 9.80 Å². The molecule has 2 N–H and O–H groups in total. The molecule has 100 valence electrons. The second-order valence-electron chi connectivity index (χ2n) is 5.73. The van der Waals surface area contributed by atoms with Gasteiger partial charge in [0.2, 0.25) is 5.91 Å². The summed E-state index contributed by atoms with van der Waals surface area (Å²) in [6.07, 6.45) is 2.09. The van der Waals surface area contributed by atoms with Crippen molar-refractivity contribution in [2.24, 2.45) is 11.7 Å². The number of piperidine rings is 1. The van der Waals surface area contributed by atoms with E-state index in [2.05, 4.69) is 18.9 Å². The minimum atomic E-state index is -0.366. The molecule has 1 aliphatic rings. The van der Waals surface area contributed by atoms with Crippen LogP contribution in [0.5, 0.6) is 0 Å². The molecule has 1 fully saturated rings. The van der Waals surface area contributed by atoms with E-state index in [1.54, 1.807) is 0 Å². The standard InChI is InChI=1S/C13H27N3O/c1-9(2)12(14)13(17)16(5)11-6-7-15(4)10(3)8-11/h9-12H,6-8,14H2,1-5H3/t10-,11-,12+/m1/s1. The fourth-order valence-corrected chi connectivity index (χ4v) is 2.32. The maximum absolute atomic E-state index is 12.2. The van der Waals surface area contributed by atoms with Gasteiger partial charge in [-0.15, -0.1) is 0 Å². The summed E-state index contributed by atoms with van der Waals surface area (Å²) in [4.78, 5) is 16.4. The van der Waals surface area contributed by atoms with Crippen LogP contribution >= 0.6 is 0 Å². The lowest BCUT2D eigenvalue weighted by molar-refractivity contribution is -0.135. The van der Waals surface area contributed by atoms with E-state index in [9.17, 15) is 4.79 Å². The topological polar surface area (TPSA) is 49.6 Å². The average Bonchev–Trinajstić information content (AvgIpc) is 2.29. The average molecular weight is 241 g/mol. The normalized spacial score (nSPS) is 28.2. The molecule has 0 saturated carbocycles. The van der Waals surface area contributed by atoms with E-state index in [4.69, 9.17) is 5.73 Å². The molecule has 1 saturated heterocycles. The number of carbonyl (C=O) groups is 1. The Bertz CT molecular complexity index is 267. The summed E-state index contributed by atoms with van der Waals surface area (Å²) in [6.45, 7) is 7.26. The Labute approximate surface area is 105 Å². The van der Waals surface area contributed by atoms with Gasteiger partial charge >= 0.3 is 0 Å². The van der Waals surface area contributed by atoms with Gasteiger partial charge in [0.15, 0.2) is 0 Å². The summed E-state index contributed by atoms with van der Waals surface area (Å²) < 4.78 is 0. The van der Waals surface area contributed by atoms with Gasteiger partial charge in [-0.25, -0.2) is 0 Å². The Morgan fingerprint density at radius 1 is 1.47 bits per heavy atom. The fourth-order valence-electron chi connectivity index (χ4n) is 2.32. The van der Waals surface area contributed by atoms with Crippen LogP contribution in [0.1, 0.15) is 33.6 Å². The van der Waals surface area contributed by atoms with Crippen LogP contribution in [0, 0.1) is 5.92 Å². The smallest absolute Gasteiger partial charge is 0.239 e. The largest absolute Gasteiger partial charge is 0.341 e. The first-order valence-electron chi connectivity index (χ1n) is 6.57. The van der Waals surface area contributed by atoms with Crippen molar-refractivity contribution in [3.05, 3.63) is 0 Å². The van der Waals surface area contributed by atoms with Crippen molar-refractivity contribution >= 4 is 5.91 Å². The zero-order valence-electron chi connectivity index (χ0n) is 11.8. The van der Waals surface area contributed by atoms with Crippen LogP contribution in [0.15, 0.2) is 0 Å². The van der Waals surface area contributed by atoms with Gasteiger partial charge in [0.25, 0.3) is 0 Å². The van der Waals surface area contributed by atoms with Gasteiger partial charge < -0.3 is 15.5 Å². The van der Waals surface area contributed by atoms with Crippen molar-refractivity contribution in [1.29, 1.82) is 0 Å². The number of likely N-dealkylation sites (N-methyl/N-ethyl adjacent to an activating group) is 1. The van der Waals surface area contributed by atoms with E-state index in [1.807, 2.05) is 25.8 Å². The summed E-state index contributed by atoms with van der Waals surface area (Å²) in [7, 11) is 4.04. The molecule has 1 amide bonds. The highest BCUT2D eigenvalue weighted by molar-refractivity contribution is 5.82. The molecule has 17 heavy (non-hydrogen) atoms. The molecule has 0 spiro atoms. The molecular formula is C13H27N3O. The molecule has 0 radical (unpaired) electrons. The lowest BCUT2D eigenvalue weighted by Crippen LogP contribution is -2.53. The number of amides is 1. The van der Waals surface area contributed by atoms with Crippen molar-refractivity contribution in [3.8, 4) is 0 Å². The maximum atomic E-state index is 12.2. The number of rotatable bonds is 3. The highest BCUT2D eigenvalue weighted by Gasteiger charge is 2.30. The zero-order chi connectivity index (χ0) is 13.2. The summed E-state index contributed by atoms with van der Waals surface area (Å²) in [5, 5.41) is 0. The van der Waals surface area contributed by atoms with E-state index >= 15 is 0 Å². The molecule has 0 unspecified atom stereocenters. The van der Waals surface area contributed by atoms with E-state index in [1.165, 1.54) is 0 Å². The molecule has 0 aromatic heterocycles. The second-order valence-corrected chi connectivity index (χ2v) is 5.73. The molecule has 0 bridgehead atoms. The predicted molar refractivity (Wildman–Crippen MR) is 70.7 cm³/mol. The molecule has 1 heterocycles. The summed E-state index contributed by atoms with van der Waals surface area (Å²) in [5.41, 5.74) is 5.93. The first kappa shape index (κ1) is 14.5. The number of nitrogens with zero attached hydrogens (tertiary/aromatic N) is 2. The van der Waals surface area contributed by atoms with E-state index < -0.39 is 0 Å². The van der Waals surface area contributed by atoms with Gasteiger partial charge in [0, 0.05) is 25.7 Å². The van der Waals surface area contributed by atoms with Crippen molar-refractivity contribution in [3.63, 3.8) is 0 Å². The molecule has 1 rings (SSSR count). The Balaban J connectivity index is 2.58. The Hall–Kier alpha value is -0.610. The number of nitrogens with two attached hydrogens (primary N) is 1. The Kier molecular flexibility index (Phi) is 4.95. The number of hydrogen-bond donors (Lipinski definition) is 1. The minimum Gasteiger partial charge on any atom is -0.341 e. The van der Waals surface area contributed by atoms with Gasteiger partial charge in [-0.1, -0.05) is 13.8 Å².